The largest absolute Gasteiger partial charge is 0.351 e. The maximum absolute atomic E-state index is 12.1. The number of benzene rings is 1. The molecule has 0 aliphatic carbocycles. The van der Waals surface area contributed by atoms with Crippen molar-refractivity contribution in [2.24, 2.45) is 0 Å². The Hall–Kier alpha value is -2.27. The highest BCUT2D eigenvalue weighted by molar-refractivity contribution is 6.31. The molecule has 108 valence electrons. The lowest BCUT2D eigenvalue weighted by Crippen LogP contribution is -2.25. The summed E-state index contributed by atoms with van der Waals surface area (Å²) < 4.78 is 1.98. The monoisotopic (exact) mass is 302 g/mol. The number of nitrogens with zero attached hydrogens (tertiary/aromatic N) is 2. The van der Waals surface area contributed by atoms with E-state index in [1.165, 1.54) is 0 Å². The topological polar surface area (TPSA) is 62.7 Å². The molecule has 0 fully saturated rings. The van der Waals surface area contributed by atoms with Gasteiger partial charge in [0.15, 0.2) is 0 Å². The van der Waals surface area contributed by atoms with E-state index >= 15 is 0 Å². The van der Waals surface area contributed by atoms with Gasteiger partial charge < -0.3 is 14.9 Å². The number of fused-ring (bicyclic) bond motifs is 1. The summed E-state index contributed by atoms with van der Waals surface area (Å²) in [5.41, 5.74) is 1.46. The Labute approximate surface area is 126 Å². The molecule has 0 saturated heterocycles. The van der Waals surface area contributed by atoms with Gasteiger partial charge in [-0.2, -0.15) is 0 Å². The second-order valence-corrected chi connectivity index (χ2v) is 5.26. The molecule has 3 rings (SSSR count). The molecule has 2 heterocycles. The standard InChI is InChI=1S/C15H15ClN4O/c16-12-2-3-13-11(8-12)9-14(19-13)15(21)18-4-1-6-20-7-5-17-10-20/h2-3,5,7-10,19H,1,4,6H2,(H,18,21). The van der Waals surface area contributed by atoms with Gasteiger partial charge in [0, 0.05) is 41.4 Å². The number of carbonyl (C=O) groups excluding carboxylic acids is 1. The minimum absolute atomic E-state index is 0.104. The predicted molar refractivity (Wildman–Crippen MR) is 82.5 cm³/mol. The van der Waals surface area contributed by atoms with Crippen LogP contribution in [0.5, 0.6) is 0 Å². The molecule has 2 N–H and O–H groups in total. The number of imidazole rings is 1. The van der Waals surface area contributed by atoms with Gasteiger partial charge >= 0.3 is 0 Å². The summed E-state index contributed by atoms with van der Waals surface area (Å²) in [6, 6.07) is 7.32. The zero-order valence-electron chi connectivity index (χ0n) is 11.3. The first-order valence-electron chi connectivity index (χ1n) is 6.74. The molecule has 0 aliphatic heterocycles. The van der Waals surface area contributed by atoms with E-state index in [9.17, 15) is 4.79 Å². The fraction of sp³-hybridized carbons (Fsp3) is 0.200. The van der Waals surface area contributed by atoms with Crippen LogP contribution in [-0.2, 0) is 6.54 Å². The third kappa shape index (κ3) is 3.25. The molecule has 3 aromatic rings. The van der Waals surface area contributed by atoms with E-state index in [0.717, 1.165) is 23.9 Å². The number of hydrogen-bond donors (Lipinski definition) is 2. The minimum atomic E-state index is -0.104. The Kier molecular flexibility index (Phi) is 3.92. The summed E-state index contributed by atoms with van der Waals surface area (Å²) in [6.45, 7) is 1.45. The average Bonchev–Trinajstić information content (AvgIpc) is 3.11. The van der Waals surface area contributed by atoms with Crippen LogP contribution < -0.4 is 5.32 Å². The Morgan fingerprint density at radius 2 is 2.29 bits per heavy atom. The van der Waals surface area contributed by atoms with Gasteiger partial charge in [-0.3, -0.25) is 4.79 Å². The van der Waals surface area contributed by atoms with Gasteiger partial charge in [-0.25, -0.2) is 4.98 Å². The van der Waals surface area contributed by atoms with E-state index in [2.05, 4.69) is 15.3 Å². The fourth-order valence-electron chi connectivity index (χ4n) is 2.20. The van der Waals surface area contributed by atoms with E-state index < -0.39 is 0 Å². The number of hydrogen-bond acceptors (Lipinski definition) is 2. The Morgan fingerprint density at radius 1 is 1.38 bits per heavy atom. The van der Waals surface area contributed by atoms with Crippen LogP contribution in [-0.4, -0.2) is 27.0 Å². The van der Waals surface area contributed by atoms with E-state index in [0.29, 0.717) is 17.3 Å². The van der Waals surface area contributed by atoms with Crippen molar-refractivity contribution in [3.8, 4) is 0 Å². The van der Waals surface area contributed by atoms with Crippen molar-refractivity contribution in [2.75, 3.05) is 6.54 Å². The van der Waals surface area contributed by atoms with Crippen LogP contribution in [0.4, 0.5) is 0 Å². The highest BCUT2D eigenvalue weighted by Gasteiger charge is 2.09. The maximum atomic E-state index is 12.1. The van der Waals surface area contributed by atoms with Gasteiger partial charge in [-0.05, 0) is 30.7 Å². The molecule has 0 bridgehead atoms. The SMILES string of the molecule is O=C(NCCCn1ccnc1)c1cc2cc(Cl)ccc2[nH]1. The lowest BCUT2D eigenvalue weighted by Gasteiger charge is -2.04. The Morgan fingerprint density at radius 3 is 3.10 bits per heavy atom. The van der Waals surface area contributed by atoms with Crippen LogP contribution in [0.3, 0.4) is 0 Å². The van der Waals surface area contributed by atoms with Crippen LogP contribution in [0.2, 0.25) is 5.02 Å². The number of halogens is 1. The third-order valence-electron chi connectivity index (χ3n) is 3.27. The number of carbonyl (C=O) groups is 1. The summed E-state index contributed by atoms with van der Waals surface area (Å²) in [6.07, 6.45) is 6.27. The van der Waals surface area contributed by atoms with Gasteiger partial charge in [0.2, 0.25) is 0 Å². The predicted octanol–water partition coefficient (Wildman–Crippen LogP) is 2.84. The van der Waals surface area contributed by atoms with Crippen molar-refractivity contribution in [1.29, 1.82) is 0 Å². The highest BCUT2D eigenvalue weighted by atomic mass is 35.5. The van der Waals surface area contributed by atoms with Crippen molar-refractivity contribution in [1.82, 2.24) is 19.9 Å². The van der Waals surface area contributed by atoms with Crippen molar-refractivity contribution >= 4 is 28.4 Å². The lowest BCUT2D eigenvalue weighted by molar-refractivity contribution is 0.0948. The smallest absolute Gasteiger partial charge is 0.267 e. The van der Waals surface area contributed by atoms with Crippen LogP contribution in [0.1, 0.15) is 16.9 Å². The third-order valence-corrected chi connectivity index (χ3v) is 3.50. The molecule has 0 atom stereocenters. The van der Waals surface area contributed by atoms with Crippen LogP contribution in [0.15, 0.2) is 43.0 Å². The fourth-order valence-corrected chi connectivity index (χ4v) is 2.38. The number of rotatable bonds is 5. The number of aromatic nitrogens is 3. The van der Waals surface area contributed by atoms with Gasteiger partial charge in [0.25, 0.3) is 5.91 Å². The molecule has 1 amide bonds. The van der Waals surface area contributed by atoms with Gasteiger partial charge in [0.1, 0.15) is 5.69 Å². The van der Waals surface area contributed by atoms with Crippen molar-refractivity contribution < 1.29 is 4.79 Å². The zero-order chi connectivity index (χ0) is 14.7. The second-order valence-electron chi connectivity index (χ2n) is 4.82. The number of nitrogens with one attached hydrogen (secondary N) is 2. The van der Waals surface area contributed by atoms with Crippen molar-refractivity contribution in [2.45, 2.75) is 13.0 Å². The van der Waals surface area contributed by atoms with Crippen LogP contribution in [0.25, 0.3) is 10.9 Å². The molecule has 0 unspecified atom stereocenters. The van der Waals surface area contributed by atoms with E-state index in [4.69, 9.17) is 11.6 Å². The molecule has 21 heavy (non-hydrogen) atoms. The maximum Gasteiger partial charge on any atom is 0.267 e. The number of aryl methyl sites for hydroxylation is 1. The molecular weight excluding hydrogens is 288 g/mol. The first kappa shape index (κ1) is 13.7. The van der Waals surface area contributed by atoms with Gasteiger partial charge in [-0.1, -0.05) is 11.6 Å². The summed E-state index contributed by atoms with van der Waals surface area (Å²) in [5, 5.41) is 4.50. The van der Waals surface area contributed by atoms with Crippen molar-refractivity contribution in [3.05, 3.63) is 53.7 Å². The van der Waals surface area contributed by atoms with E-state index in [1.807, 2.05) is 29.0 Å². The van der Waals surface area contributed by atoms with Crippen LogP contribution >= 0.6 is 11.6 Å². The number of aromatic amines is 1. The Balaban J connectivity index is 1.56. The molecule has 0 aliphatic rings. The van der Waals surface area contributed by atoms with Crippen molar-refractivity contribution in [3.63, 3.8) is 0 Å². The molecule has 5 nitrogen and oxygen atoms in total. The first-order chi connectivity index (χ1) is 10.2. The van der Waals surface area contributed by atoms with E-state index in [1.54, 1.807) is 18.6 Å². The lowest BCUT2D eigenvalue weighted by atomic mass is 10.2. The Bertz CT molecular complexity index is 748. The molecule has 1 aromatic carbocycles. The van der Waals surface area contributed by atoms with Gasteiger partial charge in [-0.15, -0.1) is 0 Å². The summed E-state index contributed by atoms with van der Waals surface area (Å²) >= 11 is 5.94. The summed E-state index contributed by atoms with van der Waals surface area (Å²) in [4.78, 5) is 19.1. The van der Waals surface area contributed by atoms with Crippen LogP contribution in [0, 0.1) is 0 Å². The number of H-pyrrole nitrogens is 1. The number of amides is 1. The summed E-state index contributed by atoms with van der Waals surface area (Å²) in [7, 11) is 0. The second kappa shape index (κ2) is 6.01. The molecular formula is C15H15ClN4O. The van der Waals surface area contributed by atoms with Gasteiger partial charge in [0.05, 0.1) is 6.33 Å². The average molecular weight is 303 g/mol. The molecule has 2 aromatic heterocycles. The first-order valence-corrected chi connectivity index (χ1v) is 7.12. The van der Waals surface area contributed by atoms with E-state index in [-0.39, 0.29) is 5.91 Å². The highest BCUT2D eigenvalue weighted by Crippen LogP contribution is 2.19. The molecule has 0 radical (unpaired) electrons. The summed E-state index contributed by atoms with van der Waals surface area (Å²) in [5.74, 6) is -0.104. The normalized spacial score (nSPS) is 10.9. The zero-order valence-corrected chi connectivity index (χ0v) is 12.1. The quantitative estimate of drug-likeness (QED) is 0.712. The molecule has 6 heteroatoms. The minimum Gasteiger partial charge on any atom is -0.351 e. The molecule has 0 saturated carbocycles. The molecule has 0 spiro atoms.